The minimum atomic E-state index is -2.27. The Kier molecular flexibility index (Phi) is 14.2. The number of ketones is 1. The van der Waals surface area contributed by atoms with Crippen LogP contribution >= 0.6 is 0 Å². The average molecular weight is 647 g/mol. The molecule has 2 heterocycles. The molecule has 2 aromatic carbocycles. The first-order chi connectivity index (χ1) is 21.9. The summed E-state index contributed by atoms with van der Waals surface area (Å²) >= 11 is 0. The lowest BCUT2D eigenvalue weighted by Crippen LogP contribution is -2.47. The Morgan fingerprint density at radius 1 is 0.870 bits per heavy atom. The van der Waals surface area contributed by atoms with E-state index in [1.165, 1.54) is 0 Å². The molecule has 6 N–H and O–H groups in total. The van der Waals surface area contributed by atoms with E-state index >= 15 is 0 Å². The zero-order chi connectivity index (χ0) is 33.6. The summed E-state index contributed by atoms with van der Waals surface area (Å²) < 4.78 is 17.0. The van der Waals surface area contributed by atoms with Gasteiger partial charge in [0, 0.05) is 13.0 Å². The van der Waals surface area contributed by atoms with Crippen LogP contribution < -0.4 is 19.5 Å². The number of carboxylic acid groups (broad SMARTS) is 2. The summed E-state index contributed by atoms with van der Waals surface area (Å²) in [5.74, 6) is -1.58. The van der Waals surface area contributed by atoms with Crippen LogP contribution in [0.3, 0.4) is 0 Å². The molecule has 14 nitrogen and oxygen atoms in total. The second-order valence-electron chi connectivity index (χ2n) is 11.0. The van der Waals surface area contributed by atoms with Gasteiger partial charge in [-0.2, -0.15) is 0 Å². The number of nitrogens with zero attached hydrogens (tertiary/aromatic N) is 1. The van der Waals surface area contributed by atoms with Gasteiger partial charge in [-0.05, 0) is 74.7 Å². The fourth-order valence-corrected chi connectivity index (χ4v) is 4.83. The fourth-order valence-electron chi connectivity index (χ4n) is 4.83. The van der Waals surface area contributed by atoms with E-state index in [2.05, 4.69) is 10.2 Å². The zero-order valence-electron chi connectivity index (χ0n) is 25.7. The second-order valence-corrected chi connectivity index (χ2v) is 11.0. The largest absolute Gasteiger partial charge is 0.493 e. The van der Waals surface area contributed by atoms with Crippen molar-refractivity contribution in [2.45, 2.75) is 63.4 Å². The van der Waals surface area contributed by atoms with Gasteiger partial charge in [0.15, 0.2) is 23.7 Å². The monoisotopic (exact) mass is 646 g/mol. The third-order valence-corrected chi connectivity index (χ3v) is 7.38. The number of hydrogen-bond donors (Lipinski definition) is 6. The summed E-state index contributed by atoms with van der Waals surface area (Å²) in [6, 6.07) is 12.6. The van der Waals surface area contributed by atoms with Crippen molar-refractivity contribution in [2.24, 2.45) is 0 Å². The maximum atomic E-state index is 12.8. The number of aliphatic carboxylic acids is 2. The van der Waals surface area contributed by atoms with Gasteiger partial charge in [0.2, 0.25) is 5.91 Å². The number of amides is 1. The number of carboxylic acids is 2. The number of Topliss-reactive ketones (excluding diaryl/α,β-unsaturated/α-hetero) is 1. The number of aryl methyl sites for hydroxylation is 1. The molecule has 0 radical (unpaired) electrons. The number of fused-ring (bicyclic) bond motifs is 1. The lowest BCUT2D eigenvalue weighted by Gasteiger charge is -2.29. The van der Waals surface area contributed by atoms with Crippen LogP contribution in [-0.2, 0) is 25.6 Å². The van der Waals surface area contributed by atoms with Crippen molar-refractivity contribution < 1.29 is 58.9 Å². The molecular weight excluding hydrogens is 604 g/mol. The SMILES string of the molecule is CC(=O)CCc1ccc(OCCC(=O)N[C@H](CN2CCCC2)[C@H](O)c2ccc3c(c2)OCCO3)cc1.O=C(O)[C@H](O)[C@@H](O)C(=O)O. The molecule has 1 fully saturated rings. The topological polar surface area (TPSA) is 212 Å². The second kappa shape index (κ2) is 18.0. The standard InChI is InChI=1S/C28H36N2O6.C4H6O6/c1-20(31)4-5-21-6-9-23(10-7-21)34-15-12-27(32)29-24(19-30-13-2-3-14-30)28(33)22-8-11-25-26(18-22)36-17-16-35-25;5-1(3(7)8)2(6)4(9)10/h6-11,18,24,28,33H,2-5,12-17,19H2,1H3,(H,29,32);1-2,5-6H,(H,7,8)(H,9,10)/t24-,28-;1-,2-/m11/s1. The predicted molar refractivity (Wildman–Crippen MR) is 163 cm³/mol. The van der Waals surface area contributed by atoms with Gasteiger partial charge in [0.25, 0.3) is 0 Å². The van der Waals surface area contributed by atoms with Gasteiger partial charge in [-0.3, -0.25) is 4.79 Å². The van der Waals surface area contributed by atoms with E-state index in [1.807, 2.05) is 30.3 Å². The molecule has 0 unspecified atom stereocenters. The third kappa shape index (κ3) is 11.6. The molecule has 0 saturated carbocycles. The number of rotatable bonds is 15. The molecule has 2 aliphatic rings. The highest BCUT2D eigenvalue weighted by atomic mass is 16.6. The summed E-state index contributed by atoms with van der Waals surface area (Å²) in [6.07, 6.45) is -1.75. The minimum absolute atomic E-state index is 0.170. The average Bonchev–Trinajstić information content (AvgIpc) is 3.56. The molecule has 252 valence electrons. The quantitative estimate of drug-likeness (QED) is 0.159. The van der Waals surface area contributed by atoms with Gasteiger partial charge in [-0.15, -0.1) is 0 Å². The zero-order valence-corrected chi connectivity index (χ0v) is 25.7. The number of ether oxygens (including phenoxy) is 3. The third-order valence-electron chi connectivity index (χ3n) is 7.38. The Bertz CT molecular complexity index is 1290. The predicted octanol–water partition coefficient (Wildman–Crippen LogP) is 0.940. The smallest absolute Gasteiger partial charge is 0.335 e. The highest BCUT2D eigenvalue weighted by Crippen LogP contribution is 2.33. The van der Waals surface area contributed by atoms with Crippen molar-refractivity contribution in [3.05, 3.63) is 53.6 Å². The summed E-state index contributed by atoms with van der Waals surface area (Å²) in [7, 11) is 0. The van der Waals surface area contributed by atoms with Crippen LogP contribution in [0.5, 0.6) is 17.2 Å². The highest BCUT2D eigenvalue weighted by molar-refractivity contribution is 5.83. The maximum Gasteiger partial charge on any atom is 0.335 e. The number of benzene rings is 2. The summed E-state index contributed by atoms with van der Waals surface area (Å²) in [6.45, 7) is 5.31. The van der Waals surface area contributed by atoms with Crippen LogP contribution in [0.15, 0.2) is 42.5 Å². The lowest BCUT2D eigenvalue weighted by molar-refractivity contribution is -0.165. The molecule has 2 aliphatic heterocycles. The number of aliphatic hydroxyl groups excluding tert-OH is 3. The van der Waals surface area contributed by atoms with Crippen LogP contribution in [0.25, 0.3) is 0 Å². The first-order valence-electron chi connectivity index (χ1n) is 15.1. The Hall–Kier alpha value is -4.24. The van der Waals surface area contributed by atoms with Gasteiger partial charge >= 0.3 is 11.9 Å². The van der Waals surface area contributed by atoms with Gasteiger partial charge < -0.3 is 54.8 Å². The minimum Gasteiger partial charge on any atom is -0.493 e. The van der Waals surface area contributed by atoms with Crippen LogP contribution in [0.4, 0.5) is 0 Å². The molecule has 1 saturated heterocycles. The van der Waals surface area contributed by atoms with Crippen LogP contribution in [0.2, 0.25) is 0 Å². The summed E-state index contributed by atoms with van der Waals surface area (Å²) in [4.78, 5) is 45.8. The molecule has 46 heavy (non-hydrogen) atoms. The number of aliphatic hydroxyl groups is 3. The Morgan fingerprint density at radius 3 is 2.07 bits per heavy atom. The molecular formula is C32H42N2O12. The summed E-state index contributed by atoms with van der Waals surface area (Å²) in [5, 5.41) is 46.8. The van der Waals surface area contributed by atoms with Crippen molar-refractivity contribution >= 4 is 23.6 Å². The van der Waals surface area contributed by atoms with E-state index in [1.54, 1.807) is 19.1 Å². The van der Waals surface area contributed by atoms with E-state index in [4.69, 9.17) is 34.6 Å². The highest BCUT2D eigenvalue weighted by Gasteiger charge is 2.30. The molecule has 0 bridgehead atoms. The van der Waals surface area contributed by atoms with Crippen molar-refractivity contribution in [2.75, 3.05) is 39.5 Å². The van der Waals surface area contributed by atoms with Crippen LogP contribution in [0.1, 0.15) is 49.8 Å². The normalized spacial score (nSPS) is 16.6. The number of nitrogens with one attached hydrogen (secondary N) is 1. The fraction of sp³-hybridized carbons (Fsp3) is 0.500. The molecule has 0 aliphatic carbocycles. The van der Waals surface area contributed by atoms with Crippen molar-refractivity contribution in [1.29, 1.82) is 0 Å². The van der Waals surface area contributed by atoms with E-state index in [-0.39, 0.29) is 24.7 Å². The number of hydrogen-bond acceptors (Lipinski definition) is 11. The Morgan fingerprint density at radius 2 is 1.48 bits per heavy atom. The number of carbonyl (C=O) groups excluding carboxylic acids is 2. The van der Waals surface area contributed by atoms with Crippen LogP contribution in [-0.4, -0.2) is 112 Å². The number of carbonyl (C=O) groups is 4. The Balaban J connectivity index is 0.000000498. The lowest BCUT2D eigenvalue weighted by atomic mass is 10.0. The molecule has 1 amide bonds. The van der Waals surface area contributed by atoms with Crippen molar-refractivity contribution in [1.82, 2.24) is 10.2 Å². The van der Waals surface area contributed by atoms with E-state index in [0.29, 0.717) is 55.4 Å². The summed E-state index contributed by atoms with van der Waals surface area (Å²) in [5.41, 5.74) is 1.76. The molecule has 0 aromatic heterocycles. The van der Waals surface area contributed by atoms with E-state index in [9.17, 15) is 24.3 Å². The van der Waals surface area contributed by atoms with Gasteiger partial charge in [-0.1, -0.05) is 18.2 Å². The molecule has 4 rings (SSSR count). The van der Waals surface area contributed by atoms with Crippen molar-refractivity contribution in [3.8, 4) is 17.2 Å². The Labute approximate surface area is 266 Å². The van der Waals surface area contributed by atoms with E-state index < -0.39 is 36.3 Å². The maximum absolute atomic E-state index is 12.8. The van der Waals surface area contributed by atoms with Gasteiger partial charge in [-0.25, -0.2) is 9.59 Å². The van der Waals surface area contributed by atoms with Crippen molar-refractivity contribution in [3.63, 3.8) is 0 Å². The first-order valence-corrected chi connectivity index (χ1v) is 15.1. The molecule has 14 heteroatoms. The first kappa shape index (κ1) is 36.2. The van der Waals surface area contributed by atoms with Gasteiger partial charge in [0.05, 0.1) is 19.1 Å². The van der Waals surface area contributed by atoms with E-state index in [0.717, 1.165) is 31.5 Å². The van der Waals surface area contributed by atoms with Gasteiger partial charge in [0.1, 0.15) is 30.9 Å². The molecule has 4 atom stereocenters. The van der Waals surface area contributed by atoms with Crippen LogP contribution in [0, 0.1) is 0 Å². The number of likely N-dealkylation sites (tertiary alicyclic amines) is 1. The molecule has 2 aromatic rings. The molecule has 0 spiro atoms.